The Labute approximate surface area is 123 Å². The number of anilines is 3. The molecule has 0 saturated carbocycles. The van der Waals surface area contributed by atoms with Crippen LogP contribution < -0.4 is 11.1 Å². The Balaban J connectivity index is 2.38. The van der Waals surface area contributed by atoms with Crippen LogP contribution in [-0.4, -0.2) is 16.1 Å². The van der Waals surface area contributed by atoms with Gasteiger partial charge in [-0.05, 0) is 40.2 Å². The summed E-state index contributed by atoms with van der Waals surface area (Å²) in [5.41, 5.74) is 6.93. The van der Waals surface area contributed by atoms with Gasteiger partial charge in [-0.3, -0.25) is 0 Å². The molecule has 4 N–H and O–H groups in total. The molecule has 2 aromatic rings. The second kappa shape index (κ2) is 5.59. The second-order valence-corrected chi connectivity index (χ2v) is 4.71. The molecule has 0 bridgehead atoms. The predicted octanol–water partition coefficient (Wildman–Crippen LogP) is 2.74. The number of nitrogens with zero attached hydrogens (tertiary/aromatic N) is 2. The fourth-order valence-electron chi connectivity index (χ4n) is 1.57. The molecular weight excluding hydrogens is 324 g/mol. The number of nitriles is 1. The van der Waals surface area contributed by atoms with E-state index in [1.807, 2.05) is 6.07 Å². The van der Waals surface area contributed by atoms with Crippen molar-refractivity contribution in [1.29, 1.82) is 5.26 Å². The van der Waals surface area contributed by atoms with E-state index in [2.05, 4.69) is 26.2 Å². The van der Waals surface area contributed by atoms with Gasteiger partial charge in [-0.25, -0.2) is 9.78 Å². The summed E-state index contributed by atoms with van der Waals surface area (Å²) in [5, 5.41) is 20.7. The molecule has 2 rings (SSSR count). The summed E-state index contributed by atoms with van der Waals surface area (Å²) in [7, 11) is 0. The molecule has 1 heterocycles. The Kier molecular flexibility index (Phi) is 3.86. The molecule has 100 valence electrons. The maximum absolute atomic E-state index is 11.0. The fraction of sp³-hybridized carbons (Fsp3) is 0. The van der Waals surface area contributed by atoms with Crippen LogP contribution in [0.3, 0.4) is 0 Å². The largest absolute Gasteiger partial charge is 0.478 e. The molecule has 0 aliphatic heterocycles. The van der Waals surface area contributed by atoms with Gasteiger partial charge in [0.25, 0.3) is 0 Å². The van der Waals surface area contributed by atoms with Crippen molar-refractivity contribution < 1.29 is 9.90 Å². The van der Waals surface area contributed by atoms with Crippen LogP contribution in [0.5, 0.6) is 0 Å². The summed E-state index contributed by atoms with van der Waals surface area (Å²) in [5.74, 6) is -0.873. The predicted molar refractivity (Wildman–Crippen MR) is 77.7 cm³/mol. The van der Waals surface area contributed by atoms with Gasteiger partial charge in [-0.15, -0.1) is 0 Å². The normalized spacial score (nSPS) is 9.80. The highest BCUT2D eigenvalue weighted by molar-refractivity contribution is 9.10. The molecule has 0 spiro atoms. The maximum atomic E-state index is 11.0. The molecular formula is C13H9BrN4O2. The Morgan fingerprint density at radius 1 is 1.45 bits per heavy atom. The molecule has 0 saturated heterocycles. The van der Waals surface area contributed by atoms with Gasteiger partial charge in [-0.1, -0.05) is 0 Å². The number of aromatic nitrogens is 1. The van der Waals surface area contributed by atoms with Crippen molar-refractivity contribution >= 4 is 39.1 Å². The molecule has 0 aliphatic rings. The minimum absolute atomic E-state index is 0.0210. The summed E-state index contributed by atoms with van der Waals surface area (Å²) in [6, 6.07) is 8.29. The molecule has 7 heteroatoms. The maximum Gasteiger partial charge on any atom is 0.337 e. The first kappa shape index (κ1) is 13.8. The highest BCUT2D eigenvalue weighted by Gasteiger charge is 2.13. The van der Waals surface area contributed by atoms with Crippen molar-refractivity contribution in [2.45, 2.75) is 0 Å². The number of hydrogen-bond acceptors (Lipinski definition) is 5. The average molecular weight is 333 g/mol. The van der Waals surface area contributed by atoms with Crippen molar-refractivity contribution in [3.8, 4) is 6.07 Å². The van der Waals surface area contributed by atoms with Gasteiger partial charge in [-0.2, -0.15) is 5.26 Å². The van der Waals surface area contributed by atoms with Gasteiger partial charge in [0, 0.05) is 10.7 Å². The van der Waals surface area contributed by atoms with Crippen LogP contribution in [0.25, 0.3) is 0 Å². The lowest BCUT2D eigenvalue weighted by Gasteiger charge is -2.11. The van der Waals surface area contributed by atoms with Gasteiger partial charge in [0.05, 0.1) is 28.6 Å². The molecule has 0 aliphatic carbocycles. The molecule has 0 amide bonds. The van der Waals surface area contributed by atoms with Gasteiger partial charge < -0.3 is 16.2 Å². The number of nitrogen functional groups attached to an aromatic ring is 1. The number of benzene rings is 1. The topological polar surface area (TPSA) is 112 Å². The lowest BCUT2D eigenvalue weighted by molar-refractivity contribution is 0.0698. The number of nitrogens with two attached hydrogens (primary N) is 1. The van der Waals surface area contributed by atoms with Crippen molar-refractivity contribution in [3.63, 3.8) is 0 Å². The Morgan fingerprint density at radius 3 is 2.80 bits per heavy atom. The van der Waals surface area contributed by atoms with Gasteiger partial charge in [0.15, 0.2) is 5.82 Å². The number of hydrogen-bond donors (Lipinski definition) is 3. The average Bonchev–Trinajstić information content (AvgIpc) is 2.42. The quantitative estimate of drug-likeness (QED) is 0.796. The van der Waals surface area contributed by atoms with Gasteiger partial charge >= 0.3 is 5.97 Å². The lowest BCUT2D eigenvalue weighted by Crippen LogP contribution is -2.07. The molecule has 0 radical (unpaired) electrons. The van der Waals surface area contributed by atoms with E-state index < -0.39 is 5.97 Å². The summed E-state index contributed by atoms with van der Waals surface area (Å²) in [6.45, 7) is 0. The van der Waals surface area contributed by atoms with Crippen LogP contribution in [0.4, 0.5) is 17.2 Å². The summed E-state index contributed by atoms with van der Waals surface area (Å²) >= 11 is 3.32. The molecule has 0 atom stereocenters. The van der Waals surface area contributed by atoms with E-state index in [1.165, 1.54) is 12.3 Å². The third-order valence-corrected chi connectivity index (χ3v) is 3.23. The van der Waals surface area contributed by atoms with E-state index in [0.717, 1.165) is 0 Å². The van der Waals surface area contributed by atoms with E-state index in [-0.39, 0.29) is 17.1 Å². The third-order valence-electron chi connectivity index (χ3n) is 2.57. The van der Waals surface area contributed by atoms with Gasteiger partial charge in [0.2, 0.25) is 0 Å². The van der Waals surface area contributed by atoms with Gasteiger partial charge in [0.1, 0.15) is 0 Å². The van der Waals surface area contributed by atoms with Crippen molar-refractivity contribution in [1.82, 2.24) is 4.98 Å². The van der Waals surface area contributed by atoms with Crippen LogP contribution in [0.1, 0.15) is 15.9 Å². The van der Waals surface area contributed by atoms with Crippen molar-refractivity contribution in [2.24, 2.45) is 0 Å². The number of pyridine rings is 1. The summed E-state index contributed by atoms with van der Waals surface area (Å²) < 4.78 is 0.651. The van der Waals surface area contributed by atoms with Crippen molar-refractivity contribution in [3.05, 3.63) is 46.1 Å². The van der Waals surface area contributed by atoms with E-state index >= 15 is 0 Å². The number of carboxylic acid groups (broad SMARTS) is 1. The molecule has 1 aromatic heterocycles. The standard InChI is InChI=1S/C13H9BrN4O2/c14-9-5-7(6-15)1-2-10(9)18-12-11(16)8(13(19)20)3-4-17-12/h1-5H,16H2,(H,17,18)(H,19,20). The Bertz CT molecular complexity index is 725. The number of carbonyl (C=O) groups is 1. The zero-order valence-electron chi connectivity index (χ0n) is 10.1. The minimum atomic E-state index is -1.12. The Hall–Kier alpha value is -2.59. The van der Waals surface area contributed by atoms with E-state index in [1.54, 1.807) is 18.2 Å². The molecule has 6 nitrogen and oxygen atoms in total. The summed E-state index contributed by atoms with van der Waals surface area (Å²) in [6.07, 6.45) is 1.36. The van der Waals surface area contributed by atoms with Crippen LogP contribution in [0.2, 0.25) is 0 Å². The highest BCUT2D eigenvalue weighted by Crippen LogP contribution is 2.29. The van der Waals surface area contributed by atoms with Crippen LogP contribution in [0, 0.1) is 11.3 Å². The van der Waals surface area contributed by atoms with Crippen LogP contribution in [0.15, 0.2) is 34.9 Å². The second-order valence-electron chi connectivity index (χ2n) is 3.86. The summed E-state index contributed by atoms with van der Waals surface area (Å²) in [4.78, 5) is 15.0. The lowest BCUT2D eigenvalue weighted by atomic mass is 10.2. The Morgan fingerprint density at radius 2 is 2.20 bits per heavy atom. The highest BCUT2D eigenvalue weighted by atomic mass is 79.9. The van der Waals surface area contributed by atoms with Crippen molar-refractivity contribution in [2.75, 3.05) is 11.1 Å². The van der Waals surface area contributed by atoms with E-state index in [9.17, 15) is 4.79 Å². The third kappa shape index (κ3) is 2.70. The smallest absolute Gasteiger partial charge is 0.337 e. The first-order valence-electron chi connectivity index (χ1n) is 5.47. The SMILES string of the molecule is N#Cc1ccc(Nc2nccc(C(=O)O)c2N)c(Br)c1. The number of nitrogens with one attached hydrogen (secondary N) is 1. The van der Waals surface area contributed by atoms with E-state index in [0.29, 0.717) is 15.7 Å². The molecule has 0 unspecified atom stereocenters. The van der Waals surface area contributed by atoms with E-state index in [4.69, 9.17) is 16.1 Å². The first-order chi connectivity index (χ1) is 9.52. The number of halogens is 1. The molecule has 0 fully saturated rings. The van der Waals surface area contributed by atoms with Crippen LogP contribution in [-0.2, 0) is 0 Å². The zero-order valence-corrected chi connectivity index (χ0v) is 11.7. The number of carboxylic acids is 1. The monoisotopic (exact) mass is 332 g/mol. The van der Waals surface area contributed by atoms with Crippen LogP contribution >= 0.6 is 15.9 Å². The number of rotatable bonds is 3. The molecule has 1 aromatic carbocycles. The zero-order chi connectivity index (χ0) is 14.7. The molecule has 20 heavy (non-hydrogen) atoms. The number of aromatic carboxylic acids is 1. The fourth-order valence-corrected chi connectivity index (χ4v) is 2.05. The first-order valence-corrected chi connectivity index (χ1v) is 6.26. The minimum Gasteiger partial charge on any atom is -0.478 e.